The van der Waals surface area contributed by atoms with Crippen LogP contribution in [0.5, 0.6) is 5.75 Å². The average Bonchev–Trinajstić information content (AvgIpc) is 2.17. The minimum Gasteiger partial charge on any atom is -0.497 e. The van der Waals surface area contributed by atoms with Gasteiger partial charge in [-0.2, -0.15) is 0 Å². The highest BCUT2D eigenvalue weighted by Gasteiger charge is 1.92. The molecule has 0 amide bonds. The number of rotatable bonds is 3. The molecule has 0 atom stereocenters. The van der Waals surface area contributed by atoms with Gasteiger partial charge in [-0.05, 0) is 44.2 Å². The van der Waals surface area contributed by atoms with E-state index in [9.17, 15) is 0 Å². The molecule has 80 valence electrons. The van der Waals surface area contributed by atoms with Crippen LogP contribution >= 0.6 is 0 Å². The van der Waals surface area contributed by atoms with Crippen LogP contribution in [0, 0.1) is 0 Å². The van der Waals surface area contributed by atoms with Crippen LogP contribution in [-0.4, -0.2) is 12.8 Å². The third kappa shape index (κ3) is 3.85. The van der Waals surface area contributed by atoms with Gasteiger partial charge in [-0.25, -0.2) is 0 Å². The van der Waals surface area contributed by atoms with Crippen molar-refractivity contribution >= 4 is 11.4 Å². The molecule has 0 heterocycles. The van der Waals surface area contributed by atoms with Crippen LogP contribution < -0.4 is 10.5 Å². The van der Waals surface area contributed by atoms with Gasteiger partial charge in [-0.3, -0.25) is 4.99 Å². The molecule has 0 aliphatic carbocycles. The standard InChI is InChI=1S/C12H16N2O/c1-9(13)8-10(2)14-11-4-6-12(15-3)7-5-11/h4-8H,13H2,1-3H3/b9-8-,14-10?. The number of aliphatic imine (C=N–C) groups is 1. The fourth-order valence-electron chi connectivity index (χ4n) is 1.22. The van der Waals surface area contributed by atoms with Gasteiger partial charge >= 0.3 is 0 Å². The molecule has 0 unspecified atom stereocenters. The van der Waals surface area contributed by atoms with E-state index in [1.54, 1.807) is 7.11 Å². The highest BCUT2D eigenvalue weighted by molar-refractivity contribution is 5.95. The number of methoxy groups -OCH3 is 1. The molecule has 0 aliphatic rings. The largest absolute Gasteiger partial charge is 0.497 e. The second-order valence-electron chi connectivity index (χ2n) is 3.34. The third-order valence-electron chi connectivity index (χ3n) is 1.81. The highest BCUT2D eigenvalue weighted by atomic mass is 16.5. The molecule has 3 nitrogen and oxygen atoms in total. The molecule has 3 heteroatoms. The fourth-order valence-corrected chi connectivity index (χ4v) is 1.22. The van der Waals surface area contributed by atoms with E-state index < -0.39 is 0 Å². The Hall–Kier alpha value is -1.77. The molecule has 0 aromatic heterocycles. The van der Waals surface area contributed by atoms with Crippen LogP contribution in [0.2, 0.25) is 0 Å². The molecule has 15 heavy (non-hydrogen) atoms. The van der Waals surface area contributed by atoms with Gasteiger partial charge in [0.2, 0.25) is 0 Å². The lowest BCUT2D eigenvalue weighted by molar-refractivity contribution is 0.415. The van der Waals surface area contributed by atoms with E-state index >= 15 is 0 Å². The summed E-state index contributed by atoms with van der Waals surface area (Å²) >= 11 is 0. The zero-order chi connectivity index (χ0) is 11.3. The first-order valence-corrected chi connectivity index (χ1v) is 4.75. The number of hydrogen-bond acceptors (Lipinski definition) is 3. The Labute approximate surface area is 90.3 Å². The maximum absolute atomic E-state index is 5.55. The number of nitrogens with two attached hydrogens (primary N) is 1. The highest BCUT2D eigenvalue weighted by Crippen LogP contribution is 2.17. The minimum absolute atomic E-state index is 0.754. The average molecular weight is 204 g/mol. The Kier molecular flexibility index (Phi) is 3.92. The summed E-state index contributed by atoms with van der Waals surface area (Å²) in [6, 6.07) is 7.57. The Bertz CT molecular complexity index is 373. The van der Waals surface area contributed by atoms with Crippen molar-refractivity contribution in [3.05, 3.63) is 36.0 Å². The predicted molar refractivity (Wildman–Crippen MR) is 63.7 cm³/mol. The van der Waals surface area contributed by atoms with Gasteiger partial charge in [-0.1, -0.05) is 0 Å². The molecular formula is C12H16N2O. The minimum atomic E-state index is 0.754. The molecule has 2 N–H and O–H groups in total. The Balaban J connectivity index is 2.84. The zero-order valence-electron chi connectivity index (χ0n) is 9.32. The molecule has 1 aromatic rings. The first kappa shape index (κ1) is 11.3. The number of ether oxygens (including phenoxy) is 1. The topological polar surface area (TPSA) is 47.6 Å². The van der Waals surface area contributed by atoms with Gasteiger partial charge in [0.25, 0.3) is 0 Å². The molecule has 1 aromatic carbocycles. The van der Waals surface area contributed by atoms with Crippen LogP contribution in [0.3, 0.4) is 0 Å². The summed E-state index contributed by atoms with van der Waals surface area (Å²) in [5.74, 6) is 0.831. The molecule has 0 saturated carbocycles. The monoisotopic (exact) mass is 204 g/mol. The van der Waals surface area contributed by atoms with Crippen LogP contribution in [0.4, 0.5) is 5.69 Å². The number of benzene rings is 1. The van der Waals surface area contributed by atoms with E-state index in [1.165, 1.54) is 0 Å². The Morgan fingerprint density at radius 2 is 1.87 bits per heavy atom. The van der Waals surface area contributed by atoms with E-state index in [0.29, 0.717) is 0 Å². The van der Waals surface area contributed by atoms with Crippen molar-refractivity contribution in [2.24, 2.45) is 10.7 Å². The van der Waals surface area contributed by atoms with Gasteiger partial charge in [0.05, 0.1) is 12.8 Å². The summed E-state index contributed by atoms with van der Waals surface area (Å²) in [7, 11) is 1.64. The fraction of sp³-hybridized carbons (Fsp3) is 0.250. The van der Waals surface area contributed by atoms with Crippen molar-refractivity contribution < 1.29 is 4.74 Å². The quantitative estimate of drug-likeness (QED) is 0.769. The van der Waals surface area contributed by atoms with Crippen molar-refractivity contribution in [3.8, 4) is 5.75 Å². The lowest BCUT2D eigenvalue weighted by Gasteiger charge is -2.00. The number of allylic oxidation sites excluding steroid dienone is 2. The maximum Gasteiger partial charge on any atom is 0.119 e. The van der Waals surface area contributed by atoms with Gasteiger partial charge in [0, 0.05) is 11.4 Å². The van der Waals surface area contributed by atoms with E-state index in [2.05, 4.69) is 4.99 Å². The summed E-state index contributed by atoms with van der Waals surface area (Å²) in [5.41, 5.74) is 8.09. The van der Waals surface area contributed by atoms with Crippen molar-refractivity contribution in [2.45, 2.75) is 13.8 Å². The summed E-state index contributed by atoms with van der Waals surface area (Å²) in [4.78, 5) is 4.38. The van der Waals surface area contributed by atoms with Crippen LogP contribution in [0.1, 0.15) is 13.8 Å². The lowest BCUT2D eigenvalue weighted by atomic mass is 10.3. The Morgan fingerprint density at radius 3 is 2.33 bits per heavy atom. The number of nitrogens with zero attached hydrogens (tertiary/aromatic N) is 1. The lowest BCUT2D eigenvalue weighted by Crippen LogP contribution is -1.94. The smallest absolute Gasteiger partial charge is 0.119 e. The molecule has 0 saturated heterocycles. The molecule has 0 bridgehead atoms. The molecule has 0 aliphatic heterocycles. The van der Waals surface area contributed by atoms with Crippen molar-refractivity contribution in [3.63, 3.8) is 0 Å². The van der Waals surface area contributed by atoms with Crippen molar-refractivity contribution in [1.82, 2.24) is 0 Å². The van der Waals surface area contributed by atoms with Gasteiger partial charge in [-0.15, -0.1) is 0 Å². The zero-order valence-corrected chi connectivity index (χ0v) is 9.32. The van der Waals surface area contributed by atoms with E-state index in [4.69, 9.17) is 10.5 Å². The normalized spacial score (nSPS) is 12.7. The van der Waals surface area contributed by atoms with E-state index in [0.717, 1.165) is 22.8 Å². The van der Waals surface area contributed by atoms with E-state index in [1.807, 2.05) is 44.2 Å². The van der Waals surface area contributed by atoms with E-state index in [-0.39, 0.29) is 0 Å². The summed E-state index contributed by atoms with van der Waals surface area (Å²) in [6.07, 6.45) is 1.84. The second kappa shape index (κ2) is 5.20. The van der Waals surface area contributed by atoms with Gasteiger partial charge in [0.1, 0.15) is 5.75 Å². The molecular weight excluding hydrogens is 188 g/mol. The van der Waals surface area contributed by atoms with Gasteiger partial charge < -0.3 is 10.5 Å². The molecule has 0 radical (unpaired) electrons. The van der Waals surface area contributed by atoms with Crippen LogP contribution in [-0.2, 0) is 0 Å². The first-order chi connectivity index (χ1) is 7.11. The summed E-state index contributed by atoms with van der Waals surface area (Å²) < 4.78 is 5.06. The van der Waals surface area contributed by atoms with Crippen LogP contribution in [0.15, 0.2) is 41.0 Å². The second-order valence-corrected chi connectivity index (χ2v) is 3.34. The van der Waals surface area contributed by atoms with Crippen molar-refractivity contribution in [1.29, 1.82) is 0 Å². The predicted octanol–water partition coefficient (Wildman–Crippen LogP) is 2.65. The Morgan fingerprint density at radius 1 is 1.27 bits per heavy atom. The molecule has 1 rings (SSSR count). The first-order valence-electron chi connectivity index (χ1n) is 4.75. The summed E-state index contributed by atoms with van der Waals surface area (Å²) in [6.45, 7) is 3.76. The number of hydrogen-bond donors (Lipinski definition) is 1. The summed E-state index contributed by atoms with van der Waals surface area (Å²) in [5, 5.41) is 0. The SMILES string of the molecule is COc1ccc(N=C(C)/C=C(/C)N)cc1. The van der Waals surface area contributed by atoms with Gasteiger partial charge in [0.15, 0.2) is 0 Å². The molecule has 0 fully saturated rings. The molecule has 0 spiro atoms. The van der Waals surface area contributed by atoms with Crippen molar-refractivity contribution in [2.75, 3.05) is 7.11 Å². The maximum atomic E-state index is 5.55. The van der Waals surface area contributed by atoms with Crippen LogP contribution in [0.25, 0.3) is 0 Å². The third-order valence-corrected chi connectivity index (χ3v) is 1.81.